The van der Waals surface area contributed by atoms with Crippen molar-refractivity contribution in [2.75, 3.05) is 5.32 Å². The van der Waals surface area contributed by atoms with Gasteiger partial charge >= 0.3 is 0 Å². The second-order valence-corrected chi connectivity index (χ2v) is 5.30. The molecule has 3 aromatic carbocycles. The van der Waals surface area contributed by atoms with Crippen LogP contribution in [0.1, 0.15) is 5.56 Å². The van der Waals surface area contributed by atoms with Gasteiger partial charge in [-0.25, -0.2) is 0 Å². The summed E-state index contributed by atoms with van der Waals surface area (Å²) in [5.41, 5.74) is 5.21. The summed E-state index contributed by atoms with van der Waals surface area (Å²) in [6, 6.07) is 22.7. The molecule has 0 unspecified atom stereocenters. The van der Waals surface area contributed by atoms with E-state index in [1.807, 2.05) is 18.2 Å². The van der Waals surface area contributed by atoms with E-state index >= 15 is 0 Å². The molecule has 0 bridgehead atoms. The molecule has 0 saturated heterocycles. The number of fused-ring (bicyclic) bond motifs is 3. The SMILES string of the molecule is Cc1cccc(Nc2ccc3c(c2)oc2ccccc23)c1. The minimum absolute atomic E-state index is 0.911. The molecule has 0 saturated carbocycles. The van der Waals surface area contributed by atoms with Gasteiger partial charge in [0.2, 0.25) is 0 Å². The second kappa shape index (κ2) is 4.67. The maximum atomic E-state index is 5.91. The van der Waals surface area contributed by atoms with Crippen LogP contribution in [0.2, 0.25) is 0 Å². The van der Waals surface area contributed by atoms with Crippen molar-refractivity contribution in [3.05, 3.63) is 72.3 Å². The first-order valence-electron chi connectivity index (χ1n) is 7.04. The zero-order valence-corrected chi connectivity index (χ0v) is 11.8. The number of benzene rings is 3. The summed E-state index contributed by atoms with van der Waals surface area (Å²) in [6.45, 7) is 2.09. The van der Waals surface area contributed by atoms with Crippen molar-refractivity contribution in [3.8, 4) is 0 Å². The van der Waals surface area contributed by atoms with Gasteiger partial charge < -0.3 is 9.73 Å². The Morgan fingerprint density at radius 2 is 1.52 bits per heavy atom. The largest absolute Gasteiger partial charge is 0.456 e. The fourth-order valence-electron chi connectivity index (χ4n) is 2.69. The van der Waals surface area contributed by atoms with Gasteiger partial charge in [-0.15, -0.1) is 0 Å². The molecule has 2 heteroatoms. The molecule has 0 radical (unpaired) electrons. The number of aryl methyl sites for hydroxylation is 1. The lowest BCUT2D eigenvalue weighted by Gasteiger charge is -2.06. The zero-order chi connectivity index (χ0) is 14.2. The van der Waals surface area contributed by atoms with Crippen LogP contribution in [-0.2, 0) is 0 Å². The van der Waals surface area contributed by atoms with Crippen molar-refractivity contribution in [1.29, 1.82) is 0 Å². The summed E-state index contributed by atoms with van der Waals surface area (Å²) >= 11 is 0. The number of nitrogens with one attached hydrogen (secondary N) is 1. The van der Waals surface area contributed by atoms with Gasteiger partial charge in [0, 0.05) is 28.2 Å². The number of hydrogen-bond donors (Lipinski definition) is 1. The van der Waals surface area contributed by atoms with Crippen molar-refractivity contribution in [3.63, 3.8) is 0 Å². The highest BCUT2D eigenvalue weighted by molar-refractivity contribution is 6.05. The van der Waals surface area contributed by atoms with E-state index in [1.54, 1.807) is 0 Å². The van der Waals surface area contributed by atoms with Gasteiger partial charge in [0.25, 0.3) is 0 Å². The smallest absolute Gasteiger partial charge is 0.137 e. The average molecular weight is 273 g/mol. The third kappa shape index (κ3) is 2.15. The first kappa shape index (κ1) is 12.0. The van der Waals surface area contributed by atoms with E-state index in [0.29, 0.717) is 0 Å². The van der Waals surface area contributed by atoms with E-state index < -0.39 is 0 Å². The highest BCUT2D eigenvalue weighted by Crippen LogP contribution is 2.31. The average Bonchev–Trinajstić information content (AvgIpc) is 2.85. The molecule has 0 atom stereocenters. The standard InChI is InChI=1S/C19H15NO/c1-13-5-4-6-14(11-13)20-15-9-10-17-16-7-2-3-8-18(16)21-19(17)12-15/h2-12,20H,1H3. The van der Waals surface area contributed by atoms with E-state index in [9.17, 15) is 0 Å². The summed E-state index contributed by atoms with van der Waals surface area (Å²) in [7, 11) is 0. The number of hydrogen-bond acceptors (Lipinski definition) is 2. The van der Waals surface area contributed by atoms with Crippen LogP contribution in [0.5, 0.6) is 0 Å². The zero-order valence-electron chi connectivity index (χ0n) is 11.8. The molecule has 2 nitrogen and oxygen atoms in total. The summed E-state index contributed by atoms with van der Waals surface area (Å²) in [6.07, 6.45) is 0. The molecule has 0 aliphatic rings. The second-order valence-electron chi connectivity index (χ2n) is 5.30. The van der Waals surface area contributed by atoms with Crippen molar-refractivity contribution in [2.24, 2.45) is 0 Å². The molecule has 4 aromatic rings. The molecule has 21 heavy (non-hydrogen) atoms. The lowest BCUT2D eigenvalue weighted by molar-refractivity contribution is 0.669. The lowest BCUT2D eigenvalue weighted by atomic mass is 10.1. The molecular weight excluding hydrogens is 258 g/mol. The van der Waals surface area contributed by atoms with Gasteiger partial charge in [-0.1, -0.05) is 30.3 Å². The number of furan rings is 1. The third-order valence-electron chi connectivity index (χ3n) is 3.69. The van der Waals surface area contributed by atoms with Crippen LogP contribution in [0.25, 0.3) is 21.9 Å². The van der Waals surface area contributed by atoms with Crippen LogP contribution in [-0.4, -0.2) is 0 Å². The molecule has 102 valence electrons. The Morgan fingerprint density at radius 3 is 2.43 bits per heavy atom. The van der Waals surface area contributed by atoms with Crippen LogP contribution >= 0.6 is 0 Å². The minimum Gasteiger partial charge on any atom is -0.456 e. The fraction of sp³-hybridized carbons (Fsp3) is 0.0526. The van der Waals surface area contributed by atoms with Gasteiger partial charge in [0.05, 0.1) is 0 Å². The number of anilines is 2. The number of rotatable bonds is 2. The van der Waals surface area contributed by atoms with E-state index in [-0.39, 0.29) is 0 Å². The molecule has 1 N–H and O–H groups in total. The molecular formula is C19H15NO. The van der Waals surface area contributed by atoms with Crippen molar-refractivity contribution < 1.29 is 4.42 Å². The predicted octanol–water partition coefficient (Wildman–Crippen LogP) is 5.64. The Bertz CT molecular complexity index is 937. The quantitative estimate of drug-likeness (QED) is 0.511. The van der Waals surface area contributed by atoms with Crippen molar-refractivity contribution in [2.45, 2.75) is 6.92 Å². The number of para-hydroxylation sites is 1. The van der Waals surface area contributed by atoms with Crippen LogP contribution in [0.15, 0.2) is 71.1 Å². The van der Waals surface area contributed by atoms with Gasteiger partial charge in [0.1, 0.15) is 11.2 Å². The first-order chi connectivity index (χ1) is 10.3. The Kier molecular flexibility index (Phi) is 2.68. The molecule has 0 spiro atoms. The molecule has 1 heterocycles. The molecule has 1 aromatic heterocycles. The van der Waals surface area contributed by atoms with Crippen LogP contribution in [0.4, 0.5) is 11.4 Å². The van der Waals surface area contributed by atoms with Crippen LogP contribution in [0, 0.1) is 6.92 Å². The third-order valence-corrected chi connectivity index (χ3v) is 3.69. The van der Waals surface area contributed by atoms with Gasteiger partial charge in [-0.05, 0) is 42.8 Å². The summed E-state index contributed by atoms with van der Waals surface area (Å²) < 4.78 is 5.91. The van der Waals surface area contributed by atoms with E-state index in [0.717, 1.165) is 33.3 Å². The predicted molar refractivity (Wildman–Crippen MR) is 88.2 cm³/mol. The Hall–Kier alpha value is -2.74. The van der Waals surface area contributed by atoms with E-state index in [4.69, 9.17) is 4.42 Å². The molecule has 0 amide bonds. The monoisotopic (exact) mass is 273 g/mol. The summed E-state index contributed by atoms with van der Waals surface area (Å²) in [5, 5.41) is 5.74. The molecule has 0 aliphatic carbocycles. The Labute approximate surface area is 123 Å². The maximum absolute atomic E-state index is 5.91. The molecule has 0 aliphatic heterocycles. The van der Waals surface area contributed by atoms with Crippen LogP contribution in [0.3, 0.4) is 0 Å². The topological polar surface area (TPSA) is 25.2 Å². The fourth-order valence-corrected chi connectivity index (χ4v) is 2.69. The van der Waals surface area contributed by atoms with E-state index in [1.165, 1.54) is 5.56 Å². The van der Waals surface area contributed by atoms with Gasteiger partial charge in [-0.2, -0.15) is 0 Å². The Balaban J connectivity index is 1.78. The van der Waals surface area contributed by atoms with Crippen molar-refractivity contribution >= 4 is 33.3 Å². The Morgan fingerprint density at radius 1 is 0.714 bits per heavy atom. The maximum Gasteiger partial charge on any atom is 0.137 e. The summed E-state index contributed by atoms with van der Waals surface area (Å²) in [4.78, 5) is 0. The van der Waals surface area contributed by atoms with Gasteiger partial charge in [-0.3, -0.25) is 0 Å². The highest BCUT2D eigenvalue weighted by Gasteiger charge is 2.06. The minimum atomic E-state index is 0.911. The molecule has 0 fully saturated rings. The van der Waals surface area contributed by atoms with Crippen LogP contribution < -0.4 is 5.32 Å². The normalized spacial score (nSPS) is 11.1. The highest BCUT2D eigenvalue weighted by atomic mass is 16.3. The van der Waals surface area contributed by atoms with E-state index in [2.05, 4.69) is 60.8 Å². The van der Waals surface area contributed by atoms with Crippen molar-refractivity contribution in [1.82, 2.24) is 0 Å². The summed E-state index contributed by atoms with van der Waals surface area (Å²) in [5.74, 6) is 0. The lowest BCUT2D eigenvalue weighted by Crippen LogP contribution is -1.89. The first-order valence-corrected chi connectivity index (χ1v) is 7.04. The molecule has 4 rings (SSSR count). The van der Waals surface area contributed by atoms with Gasteiger partial charge in [0.15, 0.2) is 0 Å².